The van der Waals surface area contributed by atoms with E-state index in [9.17, 15) is 12.8 Å². The summed E-state index contributed by atoms with van der Waals surface area (Å²) in [5.74, 6) is -0.354. The Kier molecular flexibility index (Phi) is 5.58. The summed E-state index contributed by atoms with van der Waals surface area (Å²) < 4.78 is 52.3. The van der Waals surface area contributed by atoms with Crippen molar-refractivity contribution in [1.82, 2.24) is 4.31 Å². The highest BCUT2D eigenvalue weighted by Gasteiger charge is 2.39. The van der Waals surface area contributed by atoms with Crippen molar-refractivity contribution in [2.45, 2.75) is 37.6 Å². The van der Waals surface area contributed by atoms with Crippen LogP contribution in [0.1, 0.15) is 26.7 Å². The van der Waals surface area contributed by atoms with Gasteiger partial charge < -0.3 is 15.2 Å². The van der Waals surface area contributed by atoms with E-state index in [0.29, 0.717) is 39.3 Å². The van der Waals surface area contributed by atoms with E-state index < -0.39 is 15.8 Å². The molecule has 26 heavy (non-hydrogen) atoms. The van der Waals surface area contributed by atoms with Crippen molar-refractivity contribution in [3.8, 4) is 5.75 Å². The van der Waals surface area contributed by atoms with Crippen LogP contribution in [0.2, 0.25) is 0 Å². The fourth-order valence-electron chi connectivity index (χ4n) is 3.36. The Morgan fingerprint density at radius 1 is 1.38 bits per heavy atom. The largest absolute Gasteiger partial charge is 0.490 e. The second-order valence-electron chi connectivity index (χ2n) is 7.86. The molecule has 0 saturated carbocycles. The molecular formula is C18H27FN2O4S. The van der Waals surface area contributed by atoms with Gasteiger partial charge >= 0.3 is 0 Å². The van der Waals surface area contributed by atoms with Gasteiger partial charge in [0.1, 0.15) is 0 Å². The molecule has 8 heteroatoms. The topological polar surface area (TPSA) is 81.9 Å². The highest BCUT2D eigenvalue weighted by molar-refractivity contribution is 7.89. The maximum Gasteiger partial charge on any atom is 0.243 e. The van der Waals surface area contributed by atoms with Crippen LogP contribution in [0.4, 0.5) is 4.39 Å². The Labute approximate surface area is 154 Å². The highest BCUT2D eigenvalue weighted by atomic mass is 32.2. The molecule has 6 nitrogen and oxygen atoms in total. The van der Waals surface area contributed by atoms with E-state index in [1.807, 2.05) is 13.8 Å². The number of hydrogen-bond donors (Lipinski definition) is 1. The van der Waals surface area contributed by atoms with Crippen LogP contribution >= 0.6 is 0 Å². The van der Waals surface area contributed by atoms with Gasteiger partial charge in [-0.3, -0.25) is 0 Å². The van der Waals surface area contributed by atoms with E-state index in [2.05, 4.69) is 0 Å². The number of piperidine rings is 1. The molecule has 2 saturated heterocycles. The zero-order valence-corrected chi connectivity index (χ0v) is 16.1. The monoisotopic (exact) mass is 386 g/mol. The molecule has 2 unspecified atom stereocenters. The summed E-state index contributed by atoms with van der Waals surface area (Å²) in [4.78, 5) is -0.0576. The molecule has 1 aromatic carbocycles. The van der Waals surface area contributed by atoms with E-state index in [4.69, 9.17) is 15.2 Å². The van der Waals surface area contributed by atoms with Gasteiger partial charge in [0.15, 0.2) is 11.6 Å². The van der Waals surface area contributed by atoms with Gasteiger partial charge in [0, 0.05) is 31.7 Å². The molecule has 146 valence electrons. The van der Waals surface area contributed by atoms with Crippen molar-refractivity contribution in [2.75, 3.05) is 32.9 Å². The lowest BCUT2D eigenvalue weighted by Crippen LogP contribution is -2.53. The van der Waals surface area contributed by atoms with E-state index in [1.54, 1.807) is 0 Å². The smallest absolute Gasteiger partial charge is 0.243 e. The summed E-state index contributed by atoms with van der Waals surface area (Å²) in [6.07, 6.45) is 1.47. The number of rotatable bonds is 5. The first kappa shape index (κ1) is 19.5. The van der Waals surface area contributed by atoms with Crippen LogP contribution in [-0.2, 0) is 14.8 Å². The van der Waals surface area contributed by atoms with Crippen molar-refractivity contribution in [1.29, 1.82) is 0 Å². The van der Waals surface area contributed by atoms with Crippen molar-refractivity contribution in [3.63, 3.8) is 0 Å². The number of ether oxygens (including phenoxy) is 2. The minimum absolute atomic E-state index is 0.0546. The van der Waals surface area contributed by atoms with Crippen LogP contribution < -0.4 is 10.5 Å². The van der Waals surface area contributed by atoms with Gasteiger partial charge in [0.2, 0.25) is 10.0 Å². The number of nitrogens with two attached hydrogens (primary N) is 1. The lowest BCUT2D eigenvalue weighted by Gasteiger charge is -2.41. The zero-order valence-electron chi connectivity index (χ0n) is 15.3. The maximum absolute atomic E-state index is 14.4. The molecule has 1 aromatic rings. The Morgan fingerprint density at radius 2 is 2.15 bits per heavy atom. The second-order valence-corrected chi connectivity index (χ2v) is 9.79. The zero-order chi connectivity index (χ0) is 18.9. The molecule has 2 aliphatic heterocycles. The molecule has 0 spiro atoms. The van der Waals surface area contributed by atoms with Crippen LogP contribution in [0.3, 0.4) is 0 Å². The first-order valence-corrected chi connectivity index (χ1v) is 10.4. The third kappa shape index (κ3) is 4.03. The minimum Gasteiger partial charge on any atom is -0.490 e. The van der Waals surface area contributed by atoms with E-state index in [0.717, 1.165) is 12.5 Å². The normalized spacial score (nSPS) is 26.8. The molecule has 2 aliphatic rings. The van der Waals surface area contributed by atoms with Gasteiger partial charge in [-0.25, -0.2) is 12.8 Å². The Bertz CT molecular complexity index is 748. The quantitative estimate of drug-likeness (QED) is 0.837. The molecule has 0 aromatic heterocycles. The van der Waals surface area contributed by atoms with E-state index in [1.165, 1.54) is 16.4 Å². The van der Waals surface area contributed by atoms with Gasteiger partial charge in [-0.15, -0.1) is 0 Å². The molecule has 2 heterocycles. The van der Waals surface area contributed by atoms with Gasteiger partial charge in [0.05, 0.1) is 18.1 Å². The summed E-state index contributed by atoms with van der Waals surface area (Å²) in [6, 6.07) is 3.78. The van der Waals surface area contributed by atoms with E-state index in [-0.39, 0.29) is 28.0 Å². The van der Waals surface area contributed by atoms with Crippen LogP contribution in [0.15, 0.2) is 23.1 Å². The van der Waals surface area contributed by atoms with Crippen LogP contribution in [0.5, 0.6) is 5.75 Å². The molecule has 0 radical (unpaired) electrons. The standard InChI is InChI=1S/C18H27FN2O4S/c1-18(2)12-21(7-5-17(18)20)26(22,23)14-3-4-16(15(19)9-14)25-11-13-6-8-24-10-13/h3-4,9,13,17H,5-8,10-12,20H2,1-2H3. The predicted molar refractivity (Wildman–Crippen MR) is 96.0 cm³/mol. The average Bonchev–Trinajstić information content (AvgIpc) is 3.09. The molecular weight excluding hydrogens is 359 g/mol. The Balaban J connectivity index is 1.72. The summed E-state index contributed by atoms with van der Waals surface area (Å²) in [6.45, 7) is 6.23. The van der Waals surface area contributed by atoms with Gasteiger partial charge in [-0.2, -0.15) is 4.31 Å². The SMILES string of the molecule is CC1(C)CN(S(=O)(=O)c2ccc(OCC3CCOC3)c(F)c2)CCC1N. The van der Waals surface area contributed by atoms with Gasteiger partial charge in [-0.1, -0.05) is 13.8 Å². The van der Waals surface area contributed by atoms with Crippen molar-refractivity contribution < 1.29 is 22.3 Å². The third-order valence-electron chi connectivity index (χ3n) is 5.32. The van der Waals surface area contributed by atoms with Gasteiger partial charge in [-0.05, 0) is 36.5 Å². The third-order valence-corrected chi connectivity index (χ3v) is 7.16. The fraction of sp³-hybridized carbons (Fsp3) is 0.667. The number of sulfonamides is 1. The van der Waals surface area contributed by atoms with Gasteiger partial charge in [0.25, 0.3) is 0 Å². The van der Waals surface area contributed by atoms with E-state index >= 15 is 0 Å². The highest BCUT2D eigenvalue weighted by Crippen LogP contribution is 2.32. The second kappa shape index (κ2) is 7.42. The molecule has 0 aliphatic carbocycles. The average molecular weight is 386 g/mol. The summed E-state index contributed by atoms with van der Waals surface area (Å²) >= 11 is 0. The molecule has 2 N–H and O–H groups in total. The summed E-state index contributed by atoms with van der Waals surface area (Å²) in [5.41, 5.74) is 5.76. The minimum atomic E-state index is -3.76. The lowest BCUT2D eigenvalue weighted by molar-refractivity contribution is 0.155. The first-order chi connectivity index (χ1) is 12.2. The molecule has 2 atom stereocenters. The van der Waals surface area contributed by atoms with Crippen LogP contribution in [-0.4, -0.2) is 51.7 Å². The number of nitrogens with zero attached hydrogens (tertiary/aromatic N) is 1. The summed E-state index contributed by atoms with van der Waals surface area (Å²) in [5, 5.41) is 0. The predicted octanol–water partition coefficient (Wildman–Crippen LogP) is 1.99. The van der Waals surface area contributed by atoms with Crippen molar-refractivity contribution in [3.05, 3.63) is 24.0 Å². The van der Waals surface area contributed by atoms with Crippen LogP contribution in [0.25, 0.3) is 0 Å². The molecule has 0 bridgehead atoms. The summed E-state index contributed by atoms with van der Waals surface area (Å²) in [7, 11) is -3.76. The van der Waals surface area contributed by atoms with Crippen LogP contribution in [0, 0.1) is 17.2 Å². The number of benzene rings is 1. The first-order valence-electron chi connectivity index (χ1n) is 8.96. The lowest BCUT2D eigenvalue weighted by atomic mass is 9.81. The number of hydrogen-bond acceptors (Lipinski definition) is 5. The number of halogens is 1. The Morgan fingerprint density at radius 3 is 2.77 bits per heavy atom. The molecule has 3 rings (SSSR count). The molecule has 0 amide bonds. The maximum atomic E-state index is 14.4. The Hall–Kier alpha value is -1.22. The molecule has 2 fully saturated rings. The van der Waals surface area contributed by atoms with Crippen molar-refractivity contribution >= 4 is 10.0 Å². The van der Waals surface area contributed by atoms with Crippen molar-refractivity contribution in [2.24, 2.45) is 17.1 Å². The fourth-order valence-corrected chi connectivity index (χ4v) is 5.00.